The molecule has 6 heteroatoms. The summed E-state index contributed by atoms with van der Waals surface area (Å²) in [6.07, 6.45) is 2.19. The highest BCUT2D eigenvalue weighted by Crippen LogP contribution is 2.30. The molecule has 1 fully saturated rings. The van der Waals surface area contributed by atoms with Crippen molar-refractivity contribution in [3.8, 4) is 0 Å². The van der Waals surface area contributed by atoms with E-state index in [0.29, 0.717) is 24.1 Å². The molecule has 0 saturated heterocycles. The number of nitrogens with zero attached hydrogens (tertiary/aromatic N) is 3. The van der Waals surface area contributed by atoms with Gasteiger partial charge in [0.05, 0.1) is 13.7 Å². The van der Waals surface area contributed by atoms with Gasteiger partial charge >= 0.3 is 5.97 Å². The maximum Gasteiger partial charge on any atom is 0.376 e. The molecule has 98 valence electrons. The monoisotopic (exact) mass is 251 g/mol. The average molecular weight is 251 g/mol. The van der Waals surface area contributed by atoms with Crippen LogP contribution in [0.3, 0.4) is 0 Å². The third kappa shape index (κ3) is 2.76. The first-order valence-electron chi connectivity index (χ1n) is 5.97. The maximum absolute atomic E-state index is 11.5. The quantitative estimate of drug-likeness (QED) is 0.769. The minimum atomic E-state index is -0.542. The van der Waals surface area contributed by atoms with Gasteiger partial charge in [0.1, 0.15) is 5.82 Å². The van der Waals surface area contributed by atoms with Crippen molar-refractivity contribution in [3.63, 3.8) is 0 Å². The van der Waals surface area contributed by atoms with Gasteiger partial charge in [-0.05, 0) is 19.8 Å². The Kier molecular flexibility index (Phi) is 3.76. The Labute approximate surface area is 106 Å². The van der Waals surface area contributed by atoms with E-state index in [-0.39, 0.29) is 12.4 Å². The van der Waals surface area contributed by atoms with Gasteiger partial charge in [0.15, 0.2) is 0 Å². The van der Waals surface area contributed by atoms with E-state index in [1.165, 1.54) is 7.11 Å². The second-order valence-corrected chi connectivity index (χ2v) is 4.33. The number of hydrogen-bond donors (Lipinski definition) is 1. The molecule has 0 unspecified atom stereocenters. The molecule has 1 heterocycles. The van der Waals surface area contributed by atoms with E-state index in [2.05, 4.69) is 14.7 Å². The topological polar surface area (TPSA) is 75.5 Å². The number of hydrogen-bond acceptors (Lipinski definition) is 6. The van der Waals surface area contributed by atoms with Crippen LogP contribution in [0.1, 0.15) is 29.2 Å². The summed E-state index contributed by atoms with van der Waals surface area (Å²) >= 11 is 0. The number of aliphatic hydroxyl groups is 1. The van der Waals surface area contributed by atoms with Crippen molar-refractivity contribution >= 4 is 11.8 Å². The first-order valence-corrected chi connectivity index (χ1v) is 5.97. The lowest BCUT2D eigenvalue weighted by Crippen LogP contribution is -2.30. The van der Waals surface area contributed by atoms with Gasteiger partial charge in [-0.2, -0.15) is 0 Å². The van der Waals surface area contributed by atoms with E-state index in [4.69, 9.17) is 5.11 Å². The molecular formula is C12H17N3O3. The standard InChI is InChI=1S/C12H17N3O3/c1-8-7-10(14-11(13-8)12(17)18-2)15(5-6-16)9-3-4-9/h7,9,16H,3-6H2,1-2H3. The van der Waals surface area contributed by atoms with Crippen molar-refractivity contribution in [2.75, 3.05) is 25.2 Å². The Hall–Kier alpha value is -1.69. The molecule has 0 atom stereocenters. The number of anilines is 1. The molecule has 0 aromatic carbocycles. The number of rotatable bonds is 5. The number of carbonyl (C=O) groups excluding carboxylic acids is 1. The van der Waals surface area contributed by atoms with E-state index in [0.717, 1.165) is 12.8 Å². The minimum absolute atomic E-state index is 0.0626. The zero-order chi connectivity index (χ0) is 13.1. The Morgan fingerprint density at radius 2 is 2.28 bits per heavy atom. The Bertz CT molecular complexity index is 446. The fourth-order valence-electron chi connectivity index (χ4n) is 1.86. The second kappa shape index (κ2) is 5.30. The van der Waals surface area contributed by atoms with Crippen LogP contribution in [0.5, 0.6) is 0 Å². The molecule has 0 aliphatic heterocycles. The number of aromatic nitrogens is 2. The summed E-state index contributed by atoms with van der Waals surface area (Å²) in [5.41, 5.74) is 0.712. The van der Waals surface area contributed by atoms with Crippen molar-refractivity contribution in [2.45, 2.75) is 25.8 Å². The SMILES string of the molecule is COC(=O)c1nc(C)cc(N(CCO)C2CC2)n1. The molecule has 1 aliphatic carbocycles. The molecule has 6 nitrogen and oxygen atoms in total. The Morgan fingerprint density at radius 1 is 1.56 bits per heavy atom. The van der Waals surface area contributed by atoms with E-state index >= 15 is 0 Å². The molecule has 1 N–H and O–H groups in total. The van der Waals surface area contributed by atoms with E-state index < -0.39 is 5.97 Å². The van der Waals surface area contributed by atoms with Crippen LogP contribution in [0.25, 0.3) is 0 Å². The highest BCUT2D eigenvalue weighted by molar-refractivity contribution is 5.85. The molecule has 0 radical (unpaired) electrons. The zero-order valence-corrected chi connectivity index (χ0v) is 10.6. The Morgan fingerprint density at radius 3 is 2.83 bits per heavy atom. The fourth-order valence-corrected chi connectivity index (χ4v) is 1.86. The number of esters is 1. The summed E-state index contributed by atoms with van der Waals surface area (Å²) in [5.74, 6) is 0.204. The highest BCUT2D eigenvalue weighted by Gasteiger charge is 2.30. The predicted molar refractivity (Wildman–Crippen MR) is 65.6 cm³/mol. The van der Waals surface area contributed by atoms with Crippen LogP contribution >= 0.6 is 0 Å². The van der Waals surface area contributed by atoms with Crippen LogP contribution in [-0.2, 0) is 4.74 Å². The molecular weight excluding hydrogens is 234 g/mol. The maximum atomic E-state index is 11.5. The summed E-state index contributed by atoms with van der Waals surface area (Å²) in [5, 5.41) is 9.09. The average Bonchev–Trinajstić information content (AvgIpc) is 3.18. The van der Waals surface area contributed by atoms with Gasteiger partial charge in [-0.25, -0.2) is 14.8 Å². The summed E-state index contributed by atoms with van der Waals surface area (Å²) in [6, 6.07) is 2.23. The predicted octanol–water partition coefficient (Wildman–Crippen LogP) is 0.533. The largest absolute Gasteiger partial charge is 0.463 e. The summed E-state index contributed by atoms with van der Waals surface area (Å²) in [6.45, 7) is 2.39. The number of aryl methyl sites for hydroxylation is 1. The third-order valence-corrected chi connectivity index (χ3v) is 2.83. The lowest BCUT2D eigenvalue weighted by molar-refractivity contribution is 0.0586. The molecule has 1 aromatic heterocycles. The van der Waals surface area contributed by atoms with Crippen LogP contribution < -0.4 is 4.90 Å². The Balaban J connectivity index is 2.30. The van der Waals surface area contributed by atoms with Crippen molar-refractivity contribution in [1.82, 2.24) is 9.97 Å². The highest BCUT2D eigenvalue weighted by atomic mass is 16.5. The van der Waals surface area contributed by atoms with E-state index in [1.54, 1.807) is 0 Å². The molecule has 0 spiro atoms. The van der Waals surface area contributed by atoms with Crippen LogP contribution in [-0.4, -0.2) is 47.3 Å². The third-order valence-electron chi connectivity index (χ3n) is 2.83. The smallest absolute Gasteiger partial charge is 0.376 e. The van der Waals surface area contributed by atoms with Gasteiger partial charge in [0.2, 0.25) is 5.82 Å². The molecule has 1 aliphatic rings. The number of ether oxygens (including phenoxy) is 1. The number of aliphatic hydroxyl groups excluding tert-OH is 1. The lowest BCUT2D eigenvalue weighted by Gasteiger charge is -2.22. The van der Waals surface area contributed by atoms with Gasteiger partial charge in [-0.1, -0.05) is 0 Å². The first kappa shape index (κ1) is 12.8. The summed E-state index contributed by atoms with van der Waals surface area (Å²) < 4.78 is 4.63. The fraction of sp³-hybridized carbons (Fsp3) is 0.583. The van der Waals surface area contributed by atoms with Gasteiger partial charge in [-0.15, -0.1) is 0 Å². The van der Waals surface area contributed by atoms with Crippen molar-refractivity contribution in [1.29, 1.82) is 0 Å². The molecule has 1 aromatic rings. The van der Waals surface area contributed by atoms with Gasteiger partial charge in [0.25, 0.3) is 0 Å². The van der Waals surface area contributed by atoms with Crippen LogP contribution in [0, 0.1) is 6.92 Å². The van der Waals surface area contributed by atoms with Gasteiger partial charge < -0.3 is 14.7 Å². The van der Waals surface area contributed by atoms with Crippen molar-refractivity contribution < 1.29 is 14.6 Å². The normalized spacial score (nSPS) is 14.4. The zero-order valence-electron chi connectivity index (χ0n) is 10.6. The van der Waals surface area contributed by atoms with E-state index in [1.807, 2.05) is 17.9 Å². The van der Waals surface area contributed by atoms with Crippen molar-refractivity contribution in [2.24, 2.45) is 0 Å². The van der Waals surface area contributed by atoms with Crippen LogP contribution in [0.15, 0.2) is 6.07 Å². The first-order chi connectivity index (χ1) is 8.65. The van der Waals surface area contributed by atoms with Crippen LogP contribution in [0.2, 0.25) is 0 Å². The molecule has 0 bridgehead atoms. The summed E-state index contributed by atoms with van der Waals surface area (Å²) in [4.78, 5) is 21.7. The second-order valence-electron chi connectivity index (χ2n) is 4.33. The van der Waals surface area contributed by atoms with Crippen LogP contribution in [0.4, 0.5) is 5.82 Å². The lowest BCUT2D eigenvalue weighted by atomic mass is 10.3. The minimum Gasteiger partial charge on any atom is -0.463 e. The van der Waals surface area contributed by atoms with Gasteiger partial charge in [-0.3, -0.25) is 0 Å². The van der Waals surface area contributed by atoms with Gasteiger partial charge in [0, 0.05) is 24.3 Å². The number of methoxy groups -OCH3 is 1. The summed E-state index contributed by atoms with van der Waals surface area (Å²) in [7, 11) is 1.31. The molecule has 2 rings (SSSR count). The molecule has 1 saturated carbocycles. The number of carbonyl (C=O) groups is 1. The molecule has 0 amide bonds. The van der Waals surface area contributed by atoms with E-state index in [9.17, 15) is 4.79 Å². The van der Waals surface area contributed by atoms with Crippen molar-refractivity contribution in [3.05, 3.63) is 17.6 Å². The molecule has 18 heavy (non-hydrogen) atoms.